The van der Waals surface area contributed by atoms with Crippen LogP contribution in [0, 0.1) is 0 Å². The molecule has 0 bridgehead atoms. The van der Waals surface area contributed by atoms with Gasteiger partial charge in [-0.3, -0.25) is 0 Å². The lowest BCUT2D eigenvalue weighted by atomic mass is 10.1. The molecule has 0 spiro atoms. The highest BCUT2D eigenvalue weighted by molar-refractivity contribution is 5.83. The van der Waals surface area contributed by atoms with Crippen LogP contribution in [0.2, 0.25) is 0 Å². The third-order valence-electron chi connectivity index (χ3n) is 2.42. The Bertz CT molecular complexity index is 389. The van der Waals surface area contributed by atoms with Crippen molar-refractivity contribution in [3.8, 4) is 5.75 Å². The van der Waals surface area contributed by atoms with E-state index in [1.54, 1.807) is 19.1 Å². The summed E-state index contributed by atoms with van der Waals surface area (Å²) >= 11 is 0. The van der Waals surface area contributed by atoms with Gasteiger partial charge in [-0.15, -0.1) is 0 Å². The predicted molar refractivity (Wildman–Crippen MR) is 55.9 cm³/mol. The number of nitrogens with one attached hydrogen (secondary N) is 1. The minimum atomic E-state index is -0.318. The van der Waals surface area contributed by atoms with Crippen molar-refractivity contribution in [2.24, 2.45) is 0 Å². The summed E-state index contributed by atoms with van der Waals surface area (Å²) in [5.41, 5.74) is 1.85. The van der Waals surface area contributed by atoms with E-state index in [9.17, 15) is 9.90 Å². The fourth-order valence-corrected chi connectivity index (χ4v) is 1.72. The summed E-state index contributed by atoms with van der Waals surface area (Å²) in [6.07, 6.45) is 0.619. The van der Waals surface area contributed by atoms with Crippen LogP contribution in [0.4, 0.5) is 5.69 Å². The van der Waals surface area contributed by atoms with Gasteiger partial charge >= 0.3 is 5.97 Å². The second-order valence-electron chi connectivity index (χ2n) is 3.49. The maximum atomic E-state index is 11.5. The van der Waals surface area contributed by atoms with Gasteiger partial charge in [0.2, 0.25) is 0 Å². The van der Waals surface area contributed by atoms with Gasteiger partial charge in [0.1, 0.15) is 11.8 Å². The van der Waals surface area contributed by atoms with Gasteiger partial charge in [-0.05, 0) is 18.6 Å². The molecular weight excluding hydrogens is 194 g/mol. The number of benzene rings is 1. The number of anilines is 1. The molecule has 0 aromatic heterocycles. The normalized spacial score (nSPS) is 18.1. The van der Waals surface area contributed by atoms with Crippen LogP contribution < -0.4 is 5.32 Å². The Labute approximate surface area is 87.9 Å². The third kappa shape index (κ3) is 1.88. The van der Waals surface area contributed by atoms with Gasteiger partial charge < -0.3 is 15.2 Å². The molecule has 1 atom stereocenters. The Morgan fingerprint density at radius 3 is 3.20 bits per heavy atom. The van der Waals surface area contributed by atoms with Crippen molar-refractivity contribution in [3.05, 3.63) is 23.8 Å². The maximum absolute atomic E-state index is 11.5. The van der Waals surface area contributed by atoms with Crippen LogP contribution in [0.1, 0.15) is 12.5 Å². The summed E-state index contributed by atoms with van der Waals surface area (Å²) in [5, 5.41) is 12.3. The monoisotopic (exact) mass is 207 g/mol. The summed E-state index contributed by atoms with van der Waals surface area (Å²) in [7, 11) is 0. The van der Waals surface area contributed by atoms with Crippen LogP contribution in [-0.4, -0.2) is 23.7 Å². The van der Waals surface area contributed by atoms with Crippen molar-refractivity contribution in [1.29, 1.82) is 0 Å². The number of esters is 1. The van der Waals surface area contributed by atoms with Crippen LogP contribution in [0.25, 0.3) is 0 Å². The highest BCUT2D eigenvalue weighted by Gasteiger charge is 2.27. The van der Waals surface area contributed by atoms with Crippen LogP contribution in [0.5, 0.6) is 5.75 Å². The van der Waals surface area contributed by atoms with Crippen LogP contribution in [0.3, 0.4) is 0 Å². The number of phenolic OH excluding ortho intramolecular Hbond substituents is 1. The largest absolute Gasteiger partial charge is 0.508 e. The Balaban J connectivity index is 2.12. The Hall–Kier alpha value is -1.71. The lowest BCUT2D eigenvalue weighted by Crippen LogP contribution is -2.28. The Morgan fingerprint density at radius 2 is 2.47 bits per heavy atom. The molecule has 4 heteroatoms. The number of aromatic hydroxyl groups is 1. The zero-order valence-electron chi connectivity index (χ0n) is 8.49. The van der Waals surface area contributed by atoms with E-state index in [0.717, 1.165) is 11.3 Å². The zero-order valence-corrected chi connectivity index (χ0v) is 8.49. The molecule has 2 rings (SSSR count). The summed E-state index contributed by atoms with van der Waals surface area (Å²) in [4.78, 5) is 11.5. The molecular formula is C11H13NO3. The number of hydrogen-bond acceptors (Lipinski definition) is 4. The van der Waals surface area contributed by atoms with Crippen LogP contribution in [-0.2, 0) is 16.0 Å². The molecule has 1 aromatic rings. The molecule has 2 N–H and O–H groups in total. The number of fused-ring (bicyclic) bond motifs is 1. The van der Waals surface area contributed by atoms with Gasteiger partial charge in [0, 0.05) is 18.2 Å². The molecule has 0 saturated carbocycles. The first-order chi connectivity index (χ1) is 7.20. The Kier molecular flexibility index (Phi) is 2.49. The SMILES string of the molecule is CCOC(=O)[C@@H]1Cc2ccc(O)cc2N1. The van der Waals surface area contributed by atoms with E-state index in [0.29, 0.717) is 13.0 Å². The van der Waals surface area contributed by atoms with E-state index in [1.165, 1.54) is 0 Å². The highest BCUT2D eigenvalue weighted by atomic mass is 16.5. The average molecular weight is 207 g/mol. The first kappa shape index (κ1) is 9.83. The number of hydrogen-bond donors (Lipinski definition) is 2. The third-order valence-corrected chi connectivity index (χ3v) is 2.42. The van der Waals surface area contributed by atoms with E-state index in [1.807, 2.05) is 6.07 Å². The molecule has 4 nitrogen and oxygen atoms in total. The molecule has 1 aromatic carbocycles. The van der Waals surface area contributed by atoms with Crippen molar-refractivity contribution in [1.82, 2.24) is 0 Å². The van der Waals surface area contributed by atoms with Crippen molar-refractivity contribution in [2.45, 2.75) is 19.4 Å². The second-order valence-corrected chi connectivity index (χ2v) is 3.49. The second kappa shape index (κ2) is 3.81. The molecule has 0 aliphatic carbocycles. The number of carbonyl (C=O) groups excluding carboxylic acids is 1. The molecule has 1 aliphatic heterocycles. The standard InChI is InChI=1S/C11H13NO3/c1-2-15-11(14)10-5-7-3-4-8(13)6-9(7)12-10/h3-4,6,10,12-13H,2,5H2,1H3/t10-/m0/s1. The molecule has 15 heavy (non-hydrogen) atoms. The quantitative estimate of drug-likeness (QED) is 0.717. The Morgan fingerprint density at radius 1 is 1.67 bits per heavy atom. The summed E-state index contributed by atoms with van der Waals surface area (Å²) in [6, 6.07) is 4.74. The van der Waals surface area contributed by atoms with E-state index in [-0.39, 0.29) is 17.8 Å². The lowest BCUT2D eigenvalue weighted by Gasteiger charge is -2.09. The number of ether oxygens (including phenoxy) is 1. The minimum Gasteiger partial charge on any atom is -0.508 e. The maximum Gasteiger partial charge on any atom is 0.328 e. The fourth-order valence-electron chi connectivity index (χ4n) is 1.72. The number of phenols is 1. The number of rotatable bonds is 2. The zero-order chi connectivity index (χ0) is 10.8. The lowest BCUT2D eigenvalue weighted by molar-refractivity contribution is -0.143. The molecule has 0 amide bonds. The van der Waals surface area contributed by atoms with Gasteiger partial charge in [0.05, 0.1) is 6.61 Å². The van der Waals surface area contributed by atoms with E-state index < -0.39 is 0 Å². The molecule has 80 valence electrons. The van der Waals surface area contributed by atoms with Gasteiger partial charge in [0.25, 0.3) is 0 Å². The van der Waals surface area contributed by atoms with E-state index in [4.69, 9.17) is 4.74 Å². The van der Waals surface area contributed by atoms with Crippen LogP contribution in [0.15, 0.2) is 18.2 Å². The van der Waals surface area contributed by atoms with Crippen molar-refractivity contribution in [3.63, 3.8) is 0 Å². The molecule has 1 heterocycles. The first-order valence-corrected chi connectivity index (χ1v) is 4.95. The van der Waals surface area contributed by atoms with Crippen molar-refractivity contribution >= 4 is 11.7 Å². The minimum absolute atomic E-state index is 0.200. The van der Waals surface area contributed by atoms with Gasteiger partial charge in [0.15, 0.2) is 0 Å². The van der Waals surface area contributed by atoms with E-state index in [2.05, 4.69) is 5.32 Å². The molecule has 1 aliphatic rings. The summed E-state index contributed by atoms with van der Waals surface area (Å²) in [6.45, 7) is 2.17. The number of carbonyl (C=O) groups is 1. The summed E-state index contributed by atoms with van der Waals surface area (Å²) < 4.78 is 4.92. The van der Waals surface area contributed by atoms with Gasteiger partial charge in [-0.1, -0.05) is 6.07 Å². The van der Waals surface area contributed by atoms with Gasteiger partial charge in [-0.2, -0.15) is 0 Å². The van der Waals surface area contributed by atoms with Crippen molar-refractivity contribution in [2.75, 3.05) is 11.9 Å². The molecule has 0 fully saturated rings. The summed E-state index contributed by atoms with van der Waals surface area (Å²) in [5.74, 6) is -0.0426. The smallest absolute Gasteiger partial charge is 0.328 e. The molecule has 0 unspecified atom stereocenters. The topological polar surface area (TPSA) is 58.6 Å². The first-order valence-electron chi connectivity index (χ1n) is 4.95. The predicted octanol–water partition coefficient (Wildman–Crippen LogP) is 1.29. The van der Waals surface area contributed by atoms with Crippen LogP contribution >= 0.6 is 0 Å². The highest BCUT2D eigenvalue weighted by Crippen LogP contribution is 2.29. The van der Waals surface area contributed by atoms with Crippen molar-refractivity contribution < 1.29 is 14.6 Å². The molecule has 0 radical (unpaired) electrons. The average Bonchev–Trinajstić information content (AvgIpc) is 2.60. The molecule has 0 saturated heterocycles. The van der Waals surface area contributed by atoms with Gasteiger partial charge in [-0.25, -0.2) is 4.79 Å². The van der Waals surface area contributed by atoms with E-state index >= 15 is 0 Å². The fraction of sp³-hybridized carbons (Fsp3) is 0.364.